The Morgan fingerprint density at radius 1 is 1.67 bits per heavy atom. The summed E-state index contributed by atoms with van der Waals surface area (Å²) in [6.45, 7) is 0.0963. The first kappa shape index (κ1) is 11.1. The molecule has 8 heteroatoms. The maximum atomic E-state index is 10.7. The highest BCUT2D eigenvalue weighted by molar-refractivity contribution is 7.87. The van der Waals surface area contributed by atoms with Crippen molar-refractivity contribution in [2.45, 2.75) is 6.42 Å². The Labute approximate surface area is 70.8 Å². The van der Waals surface area contributed by atoms with Crippen molar-refractivity contribution in [2.75, 3.05) is 13.6 Å². The molecular formula is C4H12N4O3S. The maximum absolute atomic E-state index is 10.7. The van der Waals surface area contributed by atoms with E-state index >= 15 is 0 Å². The summed E-state index contributed by atoms with van der Waals surface area (Å²) in [6, 6.07) is 0. The van der Waals surface area contributed by atoms with Crippen LogP contribution in [0.1, 0.15) is 6.42 Å². The smallest absolute Gasteiger partial charge is 0.276 e. The van der Waals surface area contributed by atoms with Crippen molar-refractivity contribution in [3.05, 3.63) is 0 Å². The highest BCUT2D eigenvalue weighted by Gasteiger charge is 2.04. The van der Waals surface area contributed by atoms with E-state index in [2.05, 4.69) is 14.6 Å². The molecule has 0 aromatic heterocycles. The second kappa shape index (κ2) is 4.91. The minimum atomic E-state index is -3.42. The molecule has 0 rings (SSSR count). The van der Waals surface area contributed by atoms with Gasteiger partial charge in [-0.1, -0.05) is 5.16 Å². The molecule has 0 saturated heterocycles. The van der Waals surface area contributed by atoms with Crippen molar-refractivity contribution < 1.29 is 13.6 Å². The SMILES string of the molecule is CNS(=O)(=O)NCCC(N)=NO. The van der Waals surface area contributed by atoms with Crippen molar-refractivity contribution in [1.82, 2.24) is 9.44 Å². The maximum Gasteiger partial charge on any atom is 0.276 e. The first-order valence-corrected chi connectivity index (χ1v) is 4.64. The van der Waals surface area contributed by atoms with E-state index in [1.165, 1.54) is 7.05 Å². The van der Waals surface area contributed by atoms with Gasteiger partial charge in [0.05, 0.1) is 0 Å². The molecule has 0 aromatic carbocycles. The summed E-state index contributed by atoms with van der Waals surface area (Å²) in [4.78, 5) is 0. The van der Waals surface area contributed by atoms with Crippen LogP contribution in [0.25, 0.3) is 0 Å². The van der Waals surface area contributed by atoms with E-state index in [-0.39, 0.29) is 18.8 Å². The first-order valence-electron chi connectivity index (χ1n) is 3.16. The van der Waals surface area contributed by atoms with Crippen LogP contribution in [0.4, 0.5) is 0 Å². The molecule has 0 spiro atoms. The van der Waals surface area contributed by atoms with Crippen molar-refractivity contribution in [1.29, 1.82) is 0 Å². The van der Waals surface area contributed by atoms with Crippen LogP contribution >= 0.6 is 0 Å². The minimum absolute atomic E-state index is 0.0196. The van der Waals surface area contributed by atoms with Gasteiger partial charge in [0.2, 0.25) is 0 Å². The average Bonchev–Trinajstić information content (AvgIpc) is 2.04. The molecule has 0 unspecified atom stereocenters. The summed E-state index contributed by atoms with van der Waals surface area (Å²) < 4.78 is 25.6. The largest absolute Gasteiger partial charge is 0.409 e. The minimum Gasteiger partial charge on any atom is -0.409 e. The molecule has 0 amide bonds. The van der Waals surface area contributed by atoms with E-state index in [4.69, 9.17) is 10.9 Å². The van der Waals surface area contributed by atoms with Gasteiger partial charge in [-0.15, -0.1) is 0 Å². The third kappa shape index (κ3) is 4.88. The fraction of sp³-hybridized carbons (Fsp3) is 0.750. The zero-order chi connectivity index (χ0) is 9.61. The molecule has 0 aliphatic rings. The average molecular weight is 196 g/mol. The van der Waals surface area contributed by atoms with Gasteiger partial charge in [0.15, 0.2) is 0 Å². The topological polar surface area (TPSA) is 117 Å². The summed E-state index contributed by atoms with van der Waals surface area (Å²) in [6.07, 6.45) is 0.164. The Morgan fingerprint density at radius 2 is 2.25 bits per heavy atom. The van der Waals surface area contributed by atoms with E-state index in [9.17, 15) is 8.42 Å². The molecule has 12 heavy (non-hydrogen) atoms. The summed E-state index contributed by atoms with van der Waals surface area (Å²) in [5.41, 5.74) is 5.09. The number of nitrogens with zero attached hydrogens (tertiary/aromatic N) is 1. The van der Waals surface area contributed by atoms with Crippen molar-refractivity contribution in [3.63, 3.8) is 0 Å². The highest BCUT2D eigenvalue weighted by Crippen LogP contribution is 1.79. The van der Waals surface area contributed by atoms with Gasteiger partial charge in [0, 0.05) is 20.0 Å². The van der Waals surface area contributed by atoms with E-state index in [0.717, 1.165) is 0 Å². The molecule has 5 N–H and O–H groups in total. The lowest BCUT2D eigenvalue weighted by atomic mass is 10.4. The first-order chi connectivity index (χ1) is 5.52. The van der Waals surface area contributed by atoms with Crippen LogP contribution in [-0.4, -0.2) is 33.1 Å². The van der Waals surface area contributed by atoms with Gasteiger partial charge in [-0.05, 0) is 0 Å². The summed E-state index contributed by atoms with van der Waals surface area (Å²) >= 11 is 0. The highest BCUT2D eigenvalue weighted by atomic mass is 32.2. The molecule has 0 fully saturated rings. The zero-order valence-electron chi connectivity index (χ0n) is 6.61. The van der Waals surface area contributed by atoms with Crippen molar-refractivity contribution >= 4 is 16.0 Å². The number of nitrogens with one attached hydrogen (secondary N) is 2. The Hall–Kier alpha value is -0.860. The lowest BCUT2D eigenvalue weighted by molar-refractivity contribution is 0.317. The van der Waals surface area contributed by atoms with Crippen LogP contribution in [0.15, 0.2) is 5.16 Å². The Bertz CT molecular complexity index is 247. The van der Waals surface area contributed by atoms with Crippen molar-refractivity contribution in [3.8, 4) is 0 Å². The molecule has 0 aliphatic carbocycles. The number of nitrogens with two attached hydrogens (primary N) is 1. The number of oxime groups is 1. The molecule has 7 nitrogen and oxygen atoms in total. The van der Waals surface area contributed by atoms with E-state index in [1.54, 1.807) is 0 Å². The molecule has 0 heterocycles. The van der Waals surface area contributed by atoms with Gasteiger partial charge in [-0.3, -0.25) is 0 Å². The quantitative estimate of drug-likeness (QED) is 0.179. The third-order valence-electron chi connectivity index (χ3n) is 1.07. The van der Waals surface area contributed by atoms with Crippen LogP contribution in [0.2, 0.25) is 0 Å². The van der Waals surface area contributed by atoms with E-state index in [0.29, 0.717) is 0 Å². The van der Waals surface area contributed by atoms with Gasteiger partial charge < -0.3 is 10.9 Å². The molecule has 0 radical (unpaired) electrons. The van der Waals surface area contributed by atoms with Gasteiger partial charge in [0.1, 0.15) is 5.84 Å². The third-order valence-corrected chi connectivity index (χ3v) is 2.19. The monoisotopic (exact) mass is 196 g/mol. The zero-order valence-corrected chi connectivity index (χ0v) is 7.43. The lowest BCUT2D eigenvalue weighted by Crippen LogP contribution is -2.35. The molecule has 0 atom stereocenters. The number of rotatable bonds is 5. The second-order valence-electron chi connectivity index (χ2n) is 1.94. The fourth-order valence-electron chi connectivity index (χ4n) is 0.436. The molecule has 0 bridgehead atoms. The van der Waals surface area contributed by atoms with Crippen LogP contribution in [-0.2, 0) is 10.2 Å². The van der Waals surface area contributed by atoms with Gasteiger partial charge in [-0.25, -0.2) is 9.44 Å². The normalized spacial score (nSPS) is 13.2. The van der Waals surface area contributed by atoms with Crippen molar-refractivity contribution in [2.24, 2.45) is 10.9 Å². The molecule has 0 saturated carbocycles. The molecular weight excluding hydrogens is 184 g/mol. The second-order valence-corrected chi connectivity index (χ2v) is 3.65. The van der Waals surface area contributed by atoms with Crippen LogP contribution < -0.4 is 15.2 Å². The van der Waals surface area contributed by atoms with Crippen LogP contribution in [0.5, 0.6) is 0 Å². The number of hydrogen-bond acceptors (Lipinski definition) is 4. The fourth-order valence-corrected chi connectivity index (χ4v) is 0.951. The summed E-state index contributed by atoms with van der Waals surface area (Å²) in [7, 11) is -2.13. The number of amidine groups is 1. The van der Waals surface area contributed by atoms with Crippen LogP contribution in [0, 0.1) is 0 Å². The Kier molecular flexibility index (Phi) is 4.55. The summed E-state index contributed by atoms with van der Waals surface area (Å²) in [5, 5.41) is 10.8. The number of hydrogen-bond donors (Lipinski definition) is 4. The lowest BCUT2D eigenvalue weighted by Gasteiger charge is -2.02. The molecule has 72 valence electrons. The van der Waals surface area contributed by atoms with Crippen LogP contribution in [0.3, 0.4) is 0 Å². The Morgan fingerprint density at radius 3 is 2.67 bits per heavy atom. The van der Waals surface area contributed by atoms with Gasteiger partial charge >= 0.3 is 0 Å². The predicted octanol–water partition coefficient (Wildman–Crippen LogP) is -1.82. The summed E-state index contributed by atoms with van der Waals surface area (Å²) in [5.74, 6) is -0.0196. The van der Waals surface area contributed by atoms with Gasteiger partial charge in [-0.2, -0.15) is 8.42 Å². The van der Waals surface area contributed by atoms with E-state index < -0.39 is 10.2 Å². The molecule has 0 aliphatic heterocycles. The molecule has 0 aromatic rings. The standard InChI is InChI=1S/C4H12N4O3S/c1-6-12(10,11)7-3-2-4(5)8-9/h6-7,9H,2-3H2,1H3,(H2,5,8). The van der Waals surface area contributed by atoms with E-state index in [1.807, 2.05) is 0 Å². The van der Waals surface area contributed by atoms with Gasteiger partial charge in [0.25, 0.3) is 10.2 Å². The predicted molar refractivity (Wildman–Crippen MR) is 44.0 cm³/mol. The Balaban J connectivity index is 3.72.